The second-order valence-corrected chi connectivity index (χ2v) is 5.18. The van der Waals surface area contributed by atoms with Crippen LogP contribution in [0.4, 0.5) is 11.4 Å². The SMILES string of the molecule is Cc1cc(C=Nc2ccccc2)nc(C=Nc2ccccc2)c1.[Cl-].[Cl-].[Co+2]. The first-order valence-corrected chi connectivity index (χ1v) is 7.46. The van der Waals surface area contributed by atoms with Crippen LogP contribution in [0.5, 0.6) is 0 Å². The van der Waals surface area contributed by atoms with E-state index in [1.165, 1.54) is 0 Å². The van der Waals surface area contributed by atoms with Crippen molar-refractivity contribution in [3.05, 3.63) is 89.7 Å². The monoisotopic (exact) mass is 428 g/mol. The van der Waals surface area contributed by atoms with Crippen molar-refractivity contribution in [2.24, 2.45) is 9.98 Å². The van der Waals surface area contributed by atoms with Crippen LogP contribution in [0.2, 0.25) is 0 Å². The van der Waals surface area contributed by atoms with Gasteiger partial charge in [0.2, 0.25) is 0 Å². The van der Waals surface area contributed by atoms with Crippen LogP contribution in [-0.4, -0.2) is 17.4 Å². The summed E-state index contributed by atoms with van der Waals surface area (Å²) in [5.41, 5.74) is 4.60. The molecule has 0 bridgehead atoms. The average Bonchev–Trinajstić information content (AvgIpc) is 2.60. The Bertz CT molecular complexity index is 770. The summed E-state index contributed by atoms with van der Waals surface area (Å²) in [6.45, 7) is 2.04. The van der Waals surface area contributed by atoms with Crippen molar-refractivity contribution in [1.29, 1.82) is 0 Å². The van der Waals surface area contributed by atoms with Crippen LogP contribution in [0.1, 0.15) is 17.0 Å². The number of halogens is 2. The third-order valence-corrected chi connectivity index (χ3v) is 3.21. The van der Waals surface area contributed by atoms with Crippen molar-refractivity contribution in [2.75, 3.05) is 0 Å². The van der Waals surface area contributed by atoms with E-state index in [1.54, 1.807) is 12.4 Å². The zero-order valence-electron chi connectivity index (χ0n) is 14.0. The molecule has 0 N–H and O–H groups in total. The van der Waals surface area contributed by atoms with E-state index in [0.29, 0.717) is 0 Å². The Morgan fingerprint density at radius 3 is 1.46 bits per heavy atom. The summed E-state index contributed by atoms with van der Waals surface area (Å²) in [5, 5.41) is 0. The summed E-state index contributed by atoms with van der Waals surface area (Å²) < 4.78 is 0. The Labute approximate surface area is 176 Å². The predicted molar refractivity (Wildman–Crippen MR) is 96.4 cm³/mol. The normalized spacial score (nSPS) is 10.0. The van der Waals surface area contributed by atoms with E-state index in [1.807, 2.05) is 79.7 Å². The van der Waals surface area contributed by atoms with Gasteiger partial charge in [-0.1, -0.05) is 36.4 Å². The van der Waals surface area contributed by atoms with Gasteiger partial charge in [0.1, 0.15) is 0 Å². The van der Waals surface area contributed by atoms with Crippen LogP contribution in [0, 0.1) is 6.92 Å². The molecule has 6 heteroatoms. The summed E-state index contributed by atoms with van der Waals surface area (Å²) in [7, 11) is 0. The van der Waals surface area contributed by atoms with Gasteiger partial charge in [-0.2, -0.15) is 0 Å². The molecule has 0 amide bonds. The van der Waals surface area contributed by atoms with Gasteiger partial charge in [0.15, 0.2) is 0 Å². The first-order chi connectivity index (χ1) is 11.3. The van der Waals surface area contributed by atoms with E-state index in [9.17, 15) is 0 Å². The molecule has 0 unspecified atom stereocenters. The second-order valence-electron chi connectivity index (χ2n) is 5.18. The Balaban J connectivity index is 0.00000208. The fourth-order valence-electron chi connectivity index (χ4n) is 2.16. The minimum absolute atomic E-state index is 0. The molecule has 0 fully saturated rings. The van der Waals surface area contributed by atoms with Gasteiger partial charge in [0.25, 0.3) is 0 Å². The number of aryl methyl sites for hydroxylation is 1. The molecule has 0 atom stereocenters. The van der Waals surface area contributed by atoms with Crippen LogP contribution < -0.4 is 24.8 Å². The third-order valence-electron chi connectivity index (χ3n) is 3.21. The molecule has 0 spiro atoms. The maximum atomic E-state index is 4.57. The largest absolute Gasteiger partial charge is 2.00 e. The van der Waals surface area contributed by atoms with Gasteiger partial charge in [-0.3, -0.25) is 9.98 Å². The minimum atomic E-state index is 0. The number of pyridine rings is 1. The van der Waals surface area contributed by atoms with Crippen LogP contribution >= 0.6 is 0 Å². The van der Waals surface area contributed by atoms with E-state index in [-0.39, 0.29) is 41.6 Å². The zero-order valence-corrected chi connectivity index (χ0v) is 16.6. The smallest absolute Gasteiger partial charge is 1.00 e. The van der Waals surface area contributed by atoms with E-state index < -0.39 is 0 Å². The van der Waals surface area contributed by atoms with Crippen LogP contribution in [0.15, 0.2) is 82.8 Å². The van der Waals surface area contributed by atoms with Crippen molar-refractivity contribution in [2.45, 2.75) is 6.92 Å². The maximum absolute atomic E-state index is 4.57. The fraction of sp³-hybridized carbons (Fsp3) is 0.0500. The van der Waals surface area contributed by atoms with Crippen molar-refractivity contribution in [1.82, 2.24) is 4.98 Å². The molecule has 3 nitrogen and oxygen atoms in total. The van der Waals surface area contributed by atoms with Crippen molar-refractivity contribution < 1.29 is 41.6 Å². The Morgan fingerprint density at radius 2 is 1.08 bits per heavy atom. The van der Waals surface area contributed by atoms with Gasteiger partial charge in [0, 0.05) is 0 Å². The van der Waals surface area contributed by atoms with Gasteiger partial charge < -0.3 is 24.8 Å². The van der Waals surface area contributed by atoms with Gasteiger partial charge in [0.05, 0.1) is 35.2 Å². The number of rotatable bonds is 4. The molecule has 0 aliphatic heterocycles. The molecule has 1 aromatic heterocycles. The Kier molecular flexibility index (Phi) is 11.4. The summed E-state index contributed by atoms with van der Waals surface area (Å²) in [6, 6.07) is 23.7. The van der Waals surface area contributed by atoms with Gasteiger partial charge >= 0.3 is 16.8 Å². The molecule has 0 saturated heterocycles. The van der Waals surface area contributed by atoms with Crippen molar-refractivity contribution in [3.63, 3.8) is 0 Å². The number of hydrogen-bond acceptors (Lipinski definition) is 3. The molecule has 1 radical (unpaired) electrons. The predicted octanol–water partition coefficient (Wildman–Crippen LogP) is -1.10. The summed E-state index contributed by atoms with van der Waals surface area (Å²) in [6.07, 6.45) is 3.56. The quantitative estimate of drug-likeness (QED) is 0.486. The molecule has 3 aromatic rings. The Morgan fingerprint density at radius 1 is 0.692 bits per heavy atom. The van der Waals surface area contributed by atoms with Crippen LogP contribution in [0.3, 0.4) is 0 Å². The molecule has 2 aromatic carbocycles. The molecule has 0 aliphatic rings. The number of nitrogens with zero attached hydrogens (tertiary/aromatic N) is 3. The fourth-order valence-corrected chi connectivity index (χ4v) is 2.16. The van der Waals surface area contributed by atoms with Crippen molar-refractivity contribution >= 4 is 23.8 Å². The summed E-state index contributed by atoms with van der Waals surface area (Å²) in [5.74, 6) is 0. The molecule has 1 heterocycles. The van der Waals surface area contributed by atoms with Gasteiger partial charge in [-0.25, -0.2) is 4.98 Å². The number of aromatic nitrogens is 1. The standard InChI is InChI=1S/C20H17N3.2ClH.Co/c1-16-12-19(14-21-17-8-4-2-5-9-17)23-20(13-16)15-22-18-10-6-3-7-11-18;;;/h2-15H,1H3;2*1H;/q;;;+2/p-2. The molecular formula is C20H17Cl2CoN3. The molecule has 135 valence electrons. The minimum Gasteiger partial charge on any atom is -1.00 e. The van der Waals surface area contributed by atoms with Crippen LogP contribution in [-0.2, 0) is 16.8 Å². The Hall–Kier alpha value is -1.98. The first kappa shape index (κ1) is 24.0. The van der Waals surface area contributed by atoms with Crippen molar-refractivity contribution in [3.8, 4) is 0 Å². The van der Waals surface area contributed by atoms with Gasteiger partial charge in [-0.05, 0) is 48.9 Å². The molecule has 0 aliphatic carbocycles. The second kappa shape index (κ2) is 12.4. The van der Waals surface area contributed by atoms with E-state index in [4.69, 9.17) is 0 Å². The summed E-state index contributed by atoms with van der Waals surface area (Å²) in [4.78, 5) is 13.5. The number of hydrogen-bond donors (Lipinski definition) is 0. The van der Waals surface area contributed by atoms with E-state index in [0.717, 1.165) is 28.3 Å². The van der Waals surface area contributed by atoms with Crippen LogP contribution in [0.25, 0.3) is 0 Å². The number of para-hydroxylation sites is 2. The number of aliphatic imine (C=N–C) groups is 2. The number of benzene rings is 2. The summed E-state index contributed by atoms with van der Waals surface area (Å²) >= 11 is 0. The molecule has 3 rings (SSSR count). The van der Waals surface area contributed by atoms with E-state index >= 15 is 0 Å². The maximum Gasteiger partial charge on any atom is 2.00 e. The topological polar surface area (TPSA) is 37.6 Å². The molecular weight excluding hydrogens is 412 g/mol. The molecule has 0 saturated carbocycles. The first-order valence-electron chi connectivity index (χ1n) is 7.46. The van der Waals surface area contributed by atoms with E-state index in [2.05, 4.69) is 15.0 Å². The third kappa shape index (κ3) is 7.50. The average molecular weight is 429 g/mol. The molecule has 26 heavy (non-hydrogen) atoms. The van der Waals surface area contributed by atoms with Gasteiger partial charge in [-0.15, -0.1) is 0 Å². The zero-order chi connectivity index (χ0) is 15.9.